The Kier molecular flexibility index (Phi) is 29.1. The van der Waals surface area contributed by atoms with E-state index in [1.54, 1.807) is 76.9 Å². The van der Waals surface area contributed by atoms with Gasteiger partial charge >= 0.3 is 5.97 Å². The topological polar surface area (TPSA) is 394 Å². The van der Waals surface area contributed by atoms with Crippen molar-refractivity contribution in [3.8, 4) is 62.0 Å². The molecule has 2 aromatic heterocycles. The average molecular weight is 1950 g/mol. The molecule has 8 heterocycles. The average Bonchev–Trinajstić information content (AvgIpc) is 0.980. The number of fused-ring (bicyclic) bond motifs is 1. The van der Waals surface area contributed by atoms with Crippen LogP contribution in [0.1, 0.15) is 193 Å². The first-order valence-electron chi connectivity index (χ1n) is 47.9. The monoisotopic (exact) mass is 1950 g/mol. The quantitative estimate of drug-likeness (QED) is 0.0489. The Labute approximate surface area is 841 Å². The van der Waals surface area contributed by atoms with Crippen LogP contribution in [0.5, 0.6) is 0 Å². The first-order chi connectivity index (χ1) is 68.9. The van der Waals surface area contributed by atoms with E-state index >= 15 is 0 Å². The number of halogens is 2. The van der Waals surface area contributed by atoms with E-state index in [4.69, 9.17) is 42.9 Å². The number of likely N-dealkylation sites (N-methyl/N-ethyl adjacent to an activating group) is 2. The Morgan fingerprint density at radius 3 is 1.49 bits per heavy atom. The number of guanidine groups is 5. The van der Waals surface area contributed by atoms with E-state index in [0.29, 0.717) is 65.3 Å². The van der Waals surface area contributed by atoms with Crippen LogP contribution >= 0.6 is 11.3 Å². The summed E-state index contributed by atoms with van der Waals surface area (Å²) in [6.45, 7) is 12.6. The number of rotatable bonds is 16. The number of esters is 1. The maximum Gasteiger partial charge on any atom is 0.337 e. The first-order valence-corrected chi connectivity index (χ1v) is 48.8. The Morgan fingerprint density at radius 2 is 1.00 bits per heavy atom. The molecule has 4 fully saturated rings. The molecule has 0 radical (unpaired) electrons. The maximum absolute atomic E-state index is 13.9. The molecule has 12 aromatic rings. The zero-order chi connectivity index (χ0) is 103. The van der Waals surface area contributed by atoms with Crippen molar-refractivity contribution in [1.82, 2.24) is 39.7 Å². The van der Waals surface area contributed by atoms with E-state index < -0.39 is 51.2 Å². The molecular formula is C114H116F2N20O7S. The minimum Gasteiger partial charge on any atom is -0.465 e. The van der Waals surface area contributed by atoms with Crippen molar-refractivity contribution >= 4 is 87.5 Å². The summed E-state index contributed by atoms with van der Waals surface area (Å²) in [5.41, 5.74) is 38.5. The predicted octanol–water partition coefficient (Wildman–Crippen LogP) is 17.5. The lowest BCUT2D eigenvalue weighted by molar-refractivity contribution is -0.131. The van der Waals surface area contributed by atoms with Crippen LogP contribution in [-0.2, 0) is 64.5 Å². The summed E-state index contributed by atoms with van der Waals surface area (Å²) in [6.07, 6.45) is 10.2. The van der Waals surface area contributed by atoms with Crippen LogP contribution in [0.15, 0.2) is 273 Å². The number of likely N-dealkylation sites (tertiary alicyclic amines) is 1. The molecular weight excluding hydrogens is 1830 g/mol. The van der Waals surface area contributed by atoms with Crippen molar-refractivity contribution in [2.75, 3.05) is 55.4 Å². The Hall–Kier alpha value is -16.1. The molecule has 6 aliphatic heterocycles. The second-order valence-electron chi connectivity index (χ2n) is 39.0. The van der Waals surface area contributed by atoms with Gasteiger partial charge in [0, 0.05) is 82.9 Å². The van der Waals surface area contributed by atoms with Gasteiger partial charge in [0.25, 0.3) is 0 Å². The number of carbonyl (C=O) groups excluding carboxylic acids is 6. The Bertz CT molecular complexity index is 7080. The van der Waals surface area contributed by atoms with Crippen molar-refractivity contribution < 1.29 is 42.3 Å². The van der Waals surface area contributed by atoms with Gasteiger partial charge in [0.2, 0.25) is 29.5 Å². The number of thiophene rings is 1. The van der Waals surface area contributed by atoms with E-state index in [9.17, 15) is 48.1 Å². The third kappa shape index (κ3) is 21.3. The van der Waals surface area contributed by atoms with Crippen LogP contribution in [0.4, 0.5) is 8.78 Å². The molecule has 30 heteroatoms. The molecule has 1 unspecified atom stereocenters. The van der Waals surface area contributed by atoms with Gasteiger partial charge in [-0.05, 0) is 271 Å². The summed E-state index contributed by atoms with van der Waals surface area (Å²) < 4.78 is 34.6. The molecule has 8 aliphatic rings. The van der Waals surface area contributed by atoms with E-state index in [2.05, 4.69) is 120 Å². The highest BCUT2D eigenvalue weighted by atomic mass is 32.1. The second-order valence-corrected chi connectivity index (χ2v) is 40.0. The summed E-state index contributed by atoms with van der Waals surface area (Å²) in [6, 6.07) is 80.2. The van der Waals surface area contributed by atoms with E-state index in [-0.39, 0.29) is 70.4 Å². The number of aryl methyl sites for hydroxylation is 1. The zero-order valence-electron chi connectivity index (χ0n) is 82.6. The molecule has 27 nitrogen and oxygen atoms in total. The molecule has 10 aromatic carbocycles. The Balaban J connectivity index is 0.000000130. The van der Waals surface area contributed by atoms with Crippen molar-refractivity contribution in [3.63, 3.8) is 0 Å². The lowest BCUT2D eigenvalue weighted by atomic mass is 9.74. The van der Waals surface area contributed by atoms with Gasteiger partial charge in [-0.25, -0.2) is 33.5 Å². The molecule has 2 saturated heterocycles. The highest BCUT2D eigenvalue weighted by Crippen LogP contribution is 2.50. The molecule has 10 N–H and O–H groups in total. The van der Waals surface area contributed by atoms with E-state index in [1.807, 2.05) is 168 Å². The fourth-order valence-electron chi connectivity index (χ4n) is 20.0. The largest absolute Gasteiger partial charge is 0.465 e. The maximum atomic E-state index is 13.9. The third-order valence-electron chi connectivity index (χ3n) is 29.0. The van der Waals surface area contributed by atoms with Crippen LogP contribution in [0.25, 0.3) is 54.7 Å². The smallest absolute Gasteiger partial charge is 0.337 e. The summed E-state index contributed by atoms with van der Waals surface area (Å²) in [5.74, 6) is 0.102. The minimum absolute atomic E-state index is 0.0124. The lowest BCUT2D eigenvalue weighted by Gasteiger charge is -2.43. The number of ether oxygens (including phenoxy) is 1. The zero-order valence-corrected chi connectivity index (χ0v) is 83.5. The number of methoxy groups -OCH3 is 1. The van der Waals surface area contributed by atoms with Crippen LogP contribution in [0.2, 0.25) is 0 Å². The predicted molar refractivity (Wildman–Crippen MR) is 558 cm³/mol. The van der Waals surface area contributed by atoms with Crippen molar-refractivity contribution in [2.24, 2.45) is 60.9 Å². The molecule has 2 aliphatic carbocycles. The molecule has 0 bridgehead atoms. The van der Waals surface area contributed by atoms with Gasteiger partial charge in [-0.15, -0.1) is 11.3 Å². The van der Waals surface area contributed by atoms with Gasteiger partial charge in [-0.3, -0.25) is 58.8 Å². The number of benzene rings is 10. The second kappa shape index (κ2) is 41.6. The highest BCUT2D eigenvalue weighted by Gasteiger charge is 2.50. The number of nitrogens with zero attached hydrogens (tertiary/aromatic N) is 14. The third-order valence-corrected chi connectivity index (χ3v) is 29.9. The van der Waals surface area contributed by atoms with Crippen LogP contribution in [0, 0.1) is 51.5 Å². The van der Waals surface area contributed by atoms with Crippen LogP contribution < -0.4 is 33.6 Å². The standard InChI is InChI=1S/2C28H25FN4O.C20H28N4O3.C19H20N4OS.C19H18N4O/c2*1-28(23-5-3-4-20(15-23)21-12-13-24(29)22(14-21)16-30)25(26(34)33(2)27(31)32-28)19-10-8-18(9-11-19)17-6-7-17;1-20(11-17(25)23(2)19(21)22-20)16-5-4-10-24(13-16)12-14-6-8-15(9-7-14)18(26)27-3;1-19(10-17(24)23(3)18(20)21-19)12-6-7-15-13(9-12)14(11-22(15)2)16-5-4-8-25-16;1-19(11-17(24)22-18(21-2)23-19)16-8-4-7-15(10-16)14-6-3-5-13(9-14)12-20/h2*3-5,8-15,17,25H,6-7H2,1-2H3,(H2,31,32);6-9,16H,4-5,10-13H2,1-3H3,(H2,21,22);4-9,11H,10H2,1-3H3,(H2,20,21);3-10H,11H2,1-2H3,(H2,21,22,23,24)/t25-,28+;25-,28-;16?,20-;2*19-/m01000/s1. The number of nitriles is 3. The summed E-state index contributed by atoms with van der Waals surface area (Å²) >= 11 is 1.72. The van der Waals surface area contributed by atoms with E-state index in [1.165, 1.54) is 104 Å². The number of nitrogens with two attached hydrogens (primary N) is 4. The van der Waals surface area contributed by atoms with E-state index in [0.717, 1.165) is 99.2 Å². The first kappa shape index (κ1) is 101. The summed E-state index contributed by atoms with van der Waals surface area (Å²) in [4.78, 5) is 107. The normalized spacial score (nSPS) is 22.8. The van der Waals surface area contributed by atoms with Gasteiger partial charge in [-0.2, -0.15) is 15.8 Å². The number of aliphatic imine (C=N–C) groups is 5. The number of aromatic nitrogens is 1. The van der Waals surface area contributed by atoms with Gasteiger partial charge in [0.05, 0.1) is 83.1 Å². The molecule has 144 heavy (non-hydrogen) atoms. The van der Waals surface area contributed by atoms with Crippen molar-refractivity contribution in [2.45, 2.75) is 150 Å². The number of amides is 5. The fraction of sp³-hybridized carbons (Fsp3) is 0.298. The summed E-state index contributed by atoms with van der Waals surface area (Å²) in [7, 11) is 11.7. The van der Waals surface area contributed by atoms with Crippen LogP contribution in [0.3, 0.4) is 0 Å². The van der Waals surface area contributed by atoms with Crippen molar-refractivity contribution in [1.29, 1.82) is 15.8 Å². The SMILES string of the molecule is CN1C(=O)C[C@@](C)(c2ccc3c(c2)c(-c2cccs2)cn3C)N=C1N.CN1C(=O)[C@@H](c2ccc(C3CC3)cc2)[C@@](C)(c2cccc(-c3ccc(F)c(C#N)c3)c2)N=C1N.CN1C(=O)[C@H](c2ccc(C3CC3)cc2)[C@@](C)(c2cccc(-c3ccc(F)c(C#N)c3)c2)N=C1N.CN=C1NC(=O)C[C@@](C)(c2cccc(-c3cccc(C#N)c3)c2)N1.COC(=O)c1ccc(CN2CCCC([C@]3(C)CC(=O)N(C)C(N)=N3)C2)cc1. The number of piperidine rings is 1. The molecule has 734 valence electrons. The van der Waals surface area contributed by atoms with Crippen molar-refractivity contribution in [3.05, 3.63) is 332 Å². The van der Waals surface area contributed by atoms with Gasteiger partial charge in [-0.1, -0.05) is 152 Å². The highest BCUT2D eigenvalue weighted by molar-refractivity contribution is 7.13. The number of carbonyl (C=O) groups is 6. The molecule has 20 rings (SSSR count). The van der Waals surface area contributed by atoms with Crippen LogP contribution in [-0.4, -0.2) is 155 Å². The van der Waals surface area contributed by atoms with Gasteiger partial charge < -0.3 is 37.6 Å². The lowest BCUT2D eigenvalue weighted by Crippen LogP contribution is -2.58. The molecule has 0 spiro atoms. The number of hydrogen-bond acceptors (Lipinski definition) is 21. The molecule has 5 amide bonds. The number of nitrogens with one attached hydrogen (secondary N) is 2. The van der Waals surface area contributed by atoms with Gasteiger partial charge in [0.1, 0.15) is 34.9 Å². The fourth-order valence-corrected chi connectivity index (χ4v) is 20.7. The number of hydrogen-bond donors (Lipinski definition) is 6. The Morgan fingerprint density at radius 1 is 0.514 bits per heavy atom. The minimum atomic E-state index is -0.942. The molecule has 2 saturated carbocycles. The summed E-state index contributed by atoms with van der Waals surface area (Å²) in [5, 5.41) is 36.8. The molecule has 8 atom stereocenters. The van der Waals surface area contributed by atoms with Gasteiger partial charge in [0.15, 0.2) is 29.8 Å².